The third kappa shape index (κ3) is 4.42. The summed E-state index contributed by atoms with van der Waals surface area (Å²) in [6, 6.07) is 10.5. The van der Waals surface area contributed by atoms with Gasteiger partial charge >= 0.3 is 0 Å². The number of piperidine rings is 1. The van der Waals surface area contributed by atoms with Crippen LogP contribution >= 0.6 is 11.3 Å². The van der Waals surface area contributed by atoms with E-state index in [4.69, 9.17) is 9.72 Å². The number of likely N-dealkylation sites (tertiary alicyclic amines) is 1. The van der Waals surface area contributed by atoms with E-state index in [1.807, 2.05) is 19.3 Å². The van der Waals surface area contributed by atoms with Gasteiger partial charge in [0.1, 0.15) is 16.4 Å². The van der Waals surface area contributed by atoms with E-state index in [2.05, 4.69) is 61.1 Å². The topological polar surface area (TPSA) is 48.1 Å². The predicted octanol–water partition coefficient (Wildman–Crippen LogP) is 6.59. The van der Waals surface area contributed by atoms with Crippen LogP contribution < -0.4 is 4.74 Å². The summed E-state index contributed by atoms with van der Waals surface area (Å²) in [4.78, 5) is 12.3. The van der Waals surface area contributed by atoms with Crippen LogP contribution in [0.15, 0.2) is 54.3 Å². The van der Waals surface area contributed by atoms with Crippen LogP contribution in [-0.4, -0.2) is 50.7 Å². The first-order valence-corrected chi connectivity index (χ1v) is 13.8. The number of nitrogens with zero attached hydrogens (tertiary/aromatic N) is 5. The van der Waals surface area contributed by atoms with Gasteiger partial charge in [-0.3, -0.25) is 0 Å². The summed E-state index contributed by atoms with van der Waals surface area (Å²) in [5, 5.41) is 5.54. The fourth-order valence-corrected chi connectivity index (χ4v) is 6.34. The Morgan fingerprint density at radius 1 is 0.972 bits per heavy atom. The van der Waals surface area contributed by atoms with Gasteiger partial charge in [-0.05, 0) is 75.6 Å². The number of rotatable bonds is 8. The van der Waals surface area contributed by atoms with Crippen molar-refractivity contribution in [1.29, 1.82) is 0 Å². The maximum Gasteiger partial charge on any atom is 0.140 e. The molecule has 1 aromatic carbocycles. The van der Waals surface area contributed by atoms with E-state index in [0.29, 0.717) is 0 Å². The minimum absolute atomic E-state index is 0.878. The molecule has 0 radical (unpaired) electrons. The highest BCUT2D eigenvalue weighted by Gasteiger charge is 2.17. The maximum absolute atomic E-state index is 5.57. The van der Waals surface area contributed by atoms with Gasteiger partial charge in [0.2, 0.25) is 0 Å². The van der Waals surface area contributed by atoms with Crippen LogP contribution in [0, 0.1) is 0 Å². The highest BCUT2D eigenvalue weighted by atomic mass is 32.1. The molecule has 0 saturated carbocycles. The van der Waals surface area contributed by atoms with E-state index in [-0.39, 0.29) is 0 Å². The van der Waals surface area contributed by atoms with Crippen molar-refractivity contribution in [2.75, 3.05) is 26.7 Å². The Morgan fingerprint density at radius 2 is 1.83 bits per heavy atom. The third-order valence-corrected chi connectivity index (χ3v) is 8.28. The normalized spacial score (nSPS) is 14.7. The van der Waals surface area contributed by atoms with E-state index in [1.165, 1.54) is 68.2 Å². The molecule has 0 atom stereocenters. The van der Waals surface area contributed by atoms with Crippen LogP contribution in [-0.2, 0) is 13.6 Å². The average Bonchev–Trinajstić information content (AvgIpc) is 3.63. The van der Waals surface area contributed by atoms with E-state index in [1.54, 1.807) is 18.4 Å². The lowest BCUT2D eigenvalue weighted by Gasteiger charge is -2.26. The molecule has 1 aliphatic heterocycles. The van der Waals surface area contributed by atoms with Gasteiger partial charge < -0.3 is 18.8 Å². The second-order valence-corrected chi connectivity index (χ2v) is 10.7. The van der Waals surface area contributed by atoms with Gasteiger partial charge in [0.05, 0.1) is 12.8 Å². The first-order valence-electron chi connectivity index (χ1n) is 13.0. The van der Waals surface area contributed by atoms with Crippen LogP contribution in [0.25, 0.3) is 43.8 Å². The summed E-state index contributed by atoms with van der Waals surface area (Å²) in [6.45, 7) is 4.78. The monoisotopic (exact) mass is 499 g/mol. The minimum atomic E-state index is 0.878. The quantitative estimate of drug-likeness (QED) is 0.226. The number of unbranched alkanes of at least 4 members (excludes halogenated alkanes) is 1. The van der Waals surface area contributed by atoms with Crippen molar-refractivity contribution in [2.24, 2.45) is 7.05 Å². The molecule has 0 spiro atoms. The highest BCUT2D eigenvalue weighted by molar-refractivity contribution is 7.13. The fraction of sp³-hybridized carbons (Fsp3) is 0.379. The van der Waals surface area contributed by atoms with E-state index in [9.17, 15) is 0 Å². The molecule has 1 fully saturated rings. The second-order valence-electron chi connectivity index (χ2n) is 9.79. The first kappa shape index (κ1) is 23.3. The van der Waals surface area contributed by atoms with Crippen LogP contribution in [0.1, 0.15) is 32.1 Å². The molecule has 0 unspecified atom stereocenters. The summed E-state index contributed by atoms with van der Waals surface area (Å²) in [5.41, 5.74) is 5.53. The maximum atomic E-state index is 5.57. The Bertz CT molecular complexity index is 1490. The SMILES string of the molecule is COc1ccc2c(c1)c(-c1nc(-c3cn(C)c4ncccc34)cs1)cn2CCCCN1CCCCC1. The standard InChI is InChI=1S/C29H33N5OS/c1-32-18-24(22-9-8-12-30-28(22)32)26-20-36-29(31-26)25-19-34(27-11-10-21(35-2)17-23(25)27)16-7-6-15-33-13-4-3-5-14-33/h8-12,17-20H,3-7,13-16H2,1-2H3. The molecule has 0 amide bonds. The second kappa shape index (κ2) is 10.1. The van der Waals surface area contributed by atoms with Gasteiger partial charge in [0.25, 0.3) is 0 Å². The van der Waals surface area contributed by atoms with E-state index < -0.39 is 0 Å². The predicted molar refractivity (Wildman–Crippen MR) is 149 cm³/mol. The third-order valence-electron chi connectivity index (χ3n) is 7.40. The smallest absolute Gasteiger partial charge is 0.140 e. The van der Waals surface area contributed by atoms with Gasteiger partial charge in [-0.1, -0.05) is 6.42 Å². The number of pyridine rings is 1. The van der Waals surface area contributed by atoms with Gasteiger partial charge in [-0.25, -0.2) is 9.97 Å². The number of hydrogen-bond acceptors (Lipinski definition) is 5. The van der Waals surface area contributed by atoms with Crippen molar-refractivity contribution in [3.63, 3.8) is 0 Å². The Morgan fingerprint density at radius 3 is 2.69 bits per heavy atom. The number of thiazole rings is 1. The summed E-state index contributed by atoms with van der Waals surface area (Å²) in [5.74, 6) is 0.878. The van der Waals surface area contributed by atoms with Crippen LogP contribution in [0.3, 0.4) is 0 Å². The molecule has 4 aromatic heterocycles. The molecule has 0 N–H and O–H groups in total. The molecule has 1 aliphatic rings. The summed E-state index contributed by atoms with van der Waals surface area (Å²) in [6.07, 6.45) is 12.8. The van der Waals surface area contributed by atoms with Gasteiger partial charge in [-0.2, -0.15) is 0 Å². The highest BCUT2D eigenvalue weighted by Crippen LogP contribution is 2.38. The molecule has 0 bridgehead atoms. The van der Waals surface area contributed by atoms with Crippen molar-refractivity contribution in [1.82, 2.24) is 24.0 Å². The van der Waals surface area contributed by atoms with Crippen LogP contribution in [0.2, 0.25) is 0 Å². The summed E-state index contributed by atoms with van der Waals surface area (Å²) in [7, 11) is 3.77. The molecule has 6 nitrogen and oxygen atoms in total. The largest absolute Gasteiger partial charge is 0.497 e. The Balaban J connectivity index is 1.29. The molecule has 6 rings (SSSR count). The van der Waals surface area contributed by atoms with Crippen molar-refractivity contribution < 1.29 is 4.74 Å². The van der Waals surface area contributed by atoms with Crippen LogP contribution in [0.5, 0.6) is 5.75 Å². The number of aromatic nitrogens is 4. The number of aryl methyl sites for hydroxylation is 2. The Labute approximate surface area is 216 Å². The van der Waals surface area contributed by atoms with Crippen molar-refractivity contribution in [3.8, 4) is 27.6 Å². The lowest BCUT2D eigenvalue weighted by Crippen LogP contribution is -2.30. The summed E-state index contributed by atoms with van der Waals surface area (Å²) >= 11 is 1.70. The molecular formula is C29H33N5OS. The molecule has 0 aliphatic carbocycles. The van der Waals surface area contributed by atoms with Gasteiger partial charge in [0, 0.05) is 65.0 Å². The lowest BCUT2D eigenvalue weighted by molar-refractivity contribution is 0.223. The Kier molecular flexibility index (Phi) is 6.50. The van der Waals surface area contributed by atoms with E-state index in [0.717, 1.165) is 39.6 Å². The number of benzene rings is 1. The fourth-order valence-electron chi connectivity index (χ4n) is 5.50. The molecule has 36 heavy (non-hydrogen) atoms. The average molecular weight is 500 g/mol. The van der Waals surface area contributed by atoms with Crippen molar-refractivity contribution in [2.45, 2.75) is 38.6 Å². The number of methoxy groups -OCH3 is 1. The van der Waals surface area contributed by atoms with Gasteiger partial charge in [0.15, 0.2) is 0 Å². The molecule has 5 aromatic rings. The molecule has 186 valence electrons. The summed E-state index contributed by atoms with van der Waals surface area (Å²) < 4.78 is 10.1. The number of fused-ring (bicyclic) bond motifs is 2. The van der Waals surface area contributed by atoms with E-state index >= 15 is 0 Å². The molecular weight excluding hydrogens is 466 g/mol. The molecule has 5 heterocycles. The Hall–Kier alpha value is -3.16. The minimum Gasteiger partial charge on any atom is -0.497 e. The zero-order valence-corrected chi connectivity index (χ0v) is 21.9. The molecule has 7 heteroatoms. The van der Waals surface area contributed by atoms with Crippen molar-refractivity contribution >= 4 is 33.3 Å². The first-order chi connectivity index (χ1) is 17.7. The zero-order valence-electron chi connectivity index (χ0n) is 21.1. The van der Waals surface area contributed by atoms with Crippen molar-refractivity contribution in [3.05, 3.63) is 54.3 Å². The number of ether oxygens (including phenoxy) is 1. The van der Waals surface area contributed by atoms with Crippen LogP contribution in [0.4, 0.5) is 0 Å². The molecule has 1 saturated heterocycles. The number of hydrogen-bond donors (Lipinski definition) is 0. The lowest BCUT2D eigenvalue weighted by atomic mass is 10.1. The zero-order chi connectivity index (χ0) is 24.5. The van der Waals surface area contributed by atoms with Gasteiger partial charge in [-0.15, -0.1) is 11.3 Å².